The SMILES string of the molecule is CC(C)(C)c1cc(CCCCN)ccc1F.CC(C)(C)c1cc2cn(-c3ccc(CNCCCN=C(N)N)c(F)c3)c(=O)nc2[nH]1. The molecule has 0 saturated heterocycles. The van der Waals surface area contributed by atoms with Gasteiger partial charge in [-0.2, -0.15) is 4.98 Å². The summed E-state index contributed by atoms with van der Waals surface area (Å²) >= 11 is 0. The van der Waals surface area contributed by atoms with E-state index in [4.69, 9.17) is 17.2 Å². The summed E-state index contributed by atoms with van der Waals surface area (Å²) in [4.78, 5) is 23.7. The van der Waals surface area contributed by atoms with Crippen molar-refractivity contribution in [1.29, 1.82) is 0 Å². The van der Waals surface area contributed by atoms with E-state index in [2.05, 4.69) is 41.0 Å². The maximum absolute atomic E-state index is 14.6. The number of hydrogen-bond donors (Lipinski definition) is 5. The van der Waals surface area contributed by atoms with E-state index in [0.29, 0.717) is 36.5 Å². The van der Waals surface area contributed by atoms with E-state index in [1.165, 1.54) is 16.2 Å². The Morgan fingerprint density at radius 3 is 2.33 bits per heavy atom. The van der Waals surface area contributed by atoms with Crippen LogP contribution in [-0.2, 0) is 23.8 Å². The third-order valence-electron chi connectivity index (χ3n) is 7.51. The third-order valence-corrected chi connectivity index (χ3v) is 7.51. The van der Waals surface area contributed by atoms with E-state index in [1.807, 2.05) is 39.0 Å². The van der Waals surface area contributed by atoms with Crippen LogP contribution in [0.3, 0.4) is 0 Å². The standard InChI is InChI=1S/C21H28FN7O.C14H22FN/c1-21(2,3)17-9-14-12-29(20(30)28-18(14)27-17)15-6-5-13(16(22)10-15)11-25-7-4-8-26-19(23)24;1-14(2,3)12-10-11(6-4-5-9-16)7-8-13(12)15/h5-6,9-10,12,25H,4,7-8,11H2,1-3H3,(H4,23,24,26)(H,27,28,30);7-8,10H,4-6,9,16H2,1-3H3. The van der Waals surface area contributed by atoms with Crippen molar-refractivity contribution in [2.45, 2.75) is 84.6 Å². The molecule has 0 saturated carbocycles. The van der Waals surface area contributed by atoms with Crippen molar-refractivity contribution in [2.24, 2.45) is 22.2 Å². The van der Waals surface area contributed by atoms with Crippen LogP contribution in [0.2, 0.25) is 0 Å². The monoisotopic (exact) mass is 636 g/mol. The van der Waals surface area contributed by atoms with Crippen LogP contribution in [0, 0.1) is 11.6 Å². The van der Waals surface area contributed by atoms with Gasteiger partial charge < -0.3 is 27.5 Å². The van der Waals surface area contributed by atoms with Crippen LogP contribution in [0.1, 0.15) is 83.2 Å². The summed E-state index contributed by atoms with van der Waals surface area (Å²) in [6, 6.07) is 12.1. The number of nitrogens with one attached hydrogen (secondary N) is 2. The van der Waals surface area contributed by atoms with Gasteiger partial charge >= 0.3 is 5.69 Å². The molecule has 2 heterocycles. The number of aromatic nitrogens is 3. The number of benzene rings is 2. The minimum atomic E-state index is -0.463. The molecule has 2 aromatic heterocycles. The van der Waals surface area contributed by atoms with Gasteiger partial charge in [0.15, 0.2) is 5.96 Å². The highest BCUT2D eigenvalue weighted by molar-refractivity contribution is 5.76. The van der Waals surface area contributed by atoms with Crippen molar-refractivity contribution in [3.8, 4) is 5.69 Å². The first-order valence-electron chi connectivity index (χ1n) is 15.8. The van der Waals surface area contributed by atoms with E-state index in [9.17, 15) is 13.6 Å². The molecule has 0 bridgehead atoms. The van der Waals surface area contributed by atoms with Gasteiger partial charge in [-0.15, -0.1) is 0 Å². The number of nitrogens with two attached hydrogens (primary N) is 3. The Morgan fingerprint density at radius 2 is 1.70 bits per heavy atom. The number of unbranched alkanes of at least 4 members (excludes halogenated alkanes) is 1. The Bertz CT molecular complexity index is 1670. The lowest BCUT2D eigenvalue weighted by Crippen LogP contribution is -2.23. The minimum absolute atomic E-state index is 0.0637. The second-order valence-electron chi connectivity index (χ2n) is 13.6. The van der Waals surface area contributed by atoms with Gasteiger partial charge in [-0.05, 0) is 79.6 Å². The second-order valence-corrected chi connectivity index (χ2v) is 13.6. The molecule has 9 nitrogen and oxygen atoms in total. The molecule has 0 unspecified atom stereocenters. The lowest BCUT2D eigenvalue weighted by atomic mass is 9.85. The summed E-state index contributed by atoms with van der Waals surface area (Å²) in [7, 11) is 0. The van der Waals surface area contributed by atoms with E-state index >= 15 is 0 Å². The Kier molecular flexibility index (Phi) is 12.6. The minimum Gasteiger partial charge on any atom is -0.370 e. The Morgan fingerprint density at radius 1 is 0.957 bits per heavy atom. The molecule has 4 aromatic rings. The molecule has 250 valence electrons. The van der Waals surface area contributed by atoms with Crippen LogP contribution in [0.4, 0.5) is 8.78 Å². The van der Waals surface area contributed by atoms with Gasteiger partial charge in [-0.3, -0.25) is 9.56 Å². The van der Waals surface area contributed by atoms with Crippen molar-refractivity contribution >= 4 is 17.0 Å². The molecule has 8 N–H and O–H groups in total. The number of aliphatic imine (C=N–C) groups is 1. The number of aryl methyl sites for hydroxylation is 1. The third kappa shape index (κ3) is 10.5. The zero-order valence-corrected chi connectivity index (χ0v) is 28.0. The molecule has 0 radical (unpaired) electrons. The zero-order valence-electron chi connectivity index (χ0n) is 28.0. The van der Waals surface area contributed by atoms with Crippen molar-refractivity contribution in [3.63, 3.8) is 0 Å². The summed E-state index contributed by atoms with van der Waals surface area (Å²) in [5.74, 6) is -0.426. The van der Waals surface area contributed by atoms with Crippen molar-refractivity contribution in [1.82, 2.24) is 19.9 Å². The first-order valence-corrected chi connectivity index (χ1v) is 15.8. The van der Waals surface area contributed by atoms with Gasteiger partial charge in [0.2, 0.25) is 0 Å². The number of rotatable bonds is 11. The first-order chi connectivity index (χ1) is 21.6. The molecule has 0 spiro atoms. The lowest BCUT2D eigenvalue weighted by Gasteiger charge is -2.20. The largest absolute Gasteiger partial charge is 0.370 e. The average molecular weight is 637 g/mol. The highest BCUT2D eigenvalue weighted by atomic mass is 19.1. The van der Waals surface area contributed by atoms with Gasteiger partial charge in [0.25, 0.3) is 0 Å². The molecule has 2 aromatic carbocycles. The fourth-order valence-corrected chi connectivity index (χ4v) is 4.82. The van der Waals surface area contributed by atoms with Crippen LogP contribution in [0.25, 0.3) is 16.7 Å². The van der Waals surface area contributed by atoms with Gasteiger partial charge in [-0.1, -0.05) is 59.7 Å². The van der Waals surface area contributed by atoms with Crippen LogP contribution >= 0.6 is 0 Å². The molecular weight excluding hydrogens is 586 g/mol. The quantitative estimate of drug-likeness (QED) is 0.0855. The predicted molar refractivity (Wildman–Crippen MR) is 184 cm³/mol. The van der Waals surface area contributed by atoms with Crippen LogP contribution in [0.15, 0.2) is 58.4 Å². The smallest absolute Gasteiger partial charge is 0.354 e. The van der Waals surface area contributed by atoms with Gasteiger partial charge in [0.05, 0.1) is 5.69 Å². The van der Waals surface area contributed by atoms with E-state index in [1.54, 1.807) is 24.4 Å². The average Bonchev–Trinajstić information content (AvgIpc) is 3.39. The van der Waals surface area contributed by atoms with Crippen molar-refractivity contribution < 1.29 is 8.78 Å². The zero-order chi connectivity index (χ0) is 34.1. The van der Waals surface area contributed by atoms with Gasteiger partial charge in [0.1, 0.15) is 17.3 Å². The first kappa shape index (κ1) is 36.4. The molecule has 4 rings (SSSR count). The Labute approximate surface area is 270 Å². The summed E-state index contributed by atoms with van der Waals surface area (Å²) < 4.78 is 29.6. The second kappa shape index (κ2) is 16.0. The molecular formula is C35H50F2N8O. The van der Waals surface area contributed by atoms with Gasteiger partial charge in [-0.25, -0.2) is 13.6 Å². The summed E-state index contributed by atoms with van der Waals surface area (Å²) in [5, 5.41) is 3.95. The van der Waals surface area contributed by atoms with Crippen LogP contribution in [0.5, 0.6) is 0 Å². The van der Waals surface area contributed by atoms with Crippen molar-refractivity contribution in [2.75, 3.05) is 19.6 Å². The number of halogens is 2. The van der Waals surface area contributed by atoms with E-state index in [-0.39, 0.29) is 28.4 Å². The molecule has 46 heavy (non-hydrogen) atoms. The molecule has 0 atom stereocenters. The molecule has 0 aliphatic rings. The fraction of sp³-hybridized carbons (Fsp3) is 0.457. The highest BCUT2D eigenvalue weighted by Gasteiger charge is 2.19. The van der Waals surface area contributed by atoms with E-state index in [0.717, 1.165) is 48.9 Å². The number of H-pyrrole nitrogens is 1. The molecule has 0 aliphatic heterocycles. The van der Waals surface area contributed by atoms with Crippen molar-refractivity contribution in [3.05, 3.63) is 93.2 Å². The number of aromatic amines is 1. The molecule has 11 heteroatoms. The number of hydrogen-bond acceptors (Lipinski definition) is 5. The van der Waals surface area contributed by atoms with Crippen LogP contribution < -0.4 is 28.2 Å². The lowest BCUT2D eigenvalue weighted by molar-refractivity contribution is 0.521. The topological polar surface area (TPSA) is 153 Å². The Hall–Kier alpha value is -4.09. The predicted octanol–water partition coefficient (Wildman–Crippen LogP) is 5.31. The maximum atomic E-state index is 14.6. The molecule has 0 aliphatic carbocycles. The summed E-state index contributed by atoms with van der Waals surface area (Å²) in [5.41, 5.74) is 19.8. The van der Waals surface area contributed by atoms with Gasteiger partial charge in [0, 0.05) is 41.3 Å². The molecule has 0 amide bonds. The Balaban J connectivity index is 0.000000304. The van der Waals surface area contributed by atoms with Crippen LogP contribution in [-0.4, -0.2) is 40.1 Å². The highest BCUT2D eigenvalue weighted by Crippen LogP contribution is 2.27. The number of fused-ring (bicyclic) bond motifs is 1. The van der Waals surface area contributed by atoms with E-state index < -0.39 is 5.69 Å². The fourth-order valence-electron chi connectivity index (χ4n) is 4.82. The summed E-state index contributed by atoms with van der Waals surface area (Å²) in [6.07, 6.45) is 5.52. The number of nitrogens with zero attached hydrogens (tertiary/aromatic N) is 3. The normalized spacial score (nSPS) is 11.8. The molecule has 0 fully saturated rings. The maximum Gasteiger partial charge on any atom is 0.354 e. The number of guanidine groups is 1. The summed E-state index contributed by atoms with van der Waals surface area (Å²) in [6.45, 7) is 14.6.